The zero-order chi connectivity index (χ0) is 12.1. The van der Waals surface area contributed by atoms with E-state index in [9.17, 15) is 0 Å². The van der Waals surface area contributed by atoms with Crippen LogP contribution in [0.2, 0.25) is 0 Å². The summed E-state index contributed by atoms with van der Waals surface area (Å²) in [7, 11) is 0. The van der Waals surface area contributed by atoms with Crippen molar-refractivity contribution >= 4 is 21.6 Å². The van der Waals surface area contributed by atoms with E-state index in [0.29, 0.717) is 10.9 Å². The molecule has 0 aliphatic heterocycles. The molecule has 0 spiro atoms. The Hall–Kier alpha value is -0.630. The fourth-order valence-electron chi connectivity index (χ4n) is 2.42. The summed E-state index contributed by atoms with van der Waals surface area (Å²) in [5.74, 6) is 0. The normalized spacial score (nSPS) is 20.2. The summed E-state index contributed by atoms with van der Waals surface area (Å²) in [5.41, 5.74) is 2.46. The summed E-state index contributed by atoms with van der Waals surface area (Å²) in [4.78, 5) is 5.30. The van der Waals surface area contributed by atoms with Crippen molar-refractivity contribution in [1.29, 1.82) is 0 Å². The van der Waals surface area contributed by atoms with Gasteiger partial charge in [0.1, 0.15) is 0 Å². The lowest BCUT2D eigenvalue weighted by molar-refractivity contribution is 0.443. The molecule has 0 bridgehead atoms. The predicted molar refractivity (Wildman–Crippen MR) is 78.2 cm³/mol. The maximum Gasteiger partial charge on any atom is 0.0557 e. The number of aliphatic imine (C=N–C) groups is 1. The highest BCUT2D eigenvalue weighted by molar-refractivity contribution is 9.10. The van der Waals surface area contributed by atoms with E-state index in [1.807, 2.05) is 0 Å². The van der Waals surface area contributed by atoms with Crippen LogP contribution < -0.4 is 0 Å². The fraction of sp³-hybridized carbons (Fsp3) is 0.533. The van der Waals surface area contributed by atoms with Gasteiger partial charge in [0, 0.05) is 0 Å². The Kier molecular flexibility index (Phi) is 4.78. The van der Waals surface area contributed by atoms with Crippen molar-refractivity contribution in [2.45, 2.75) is 49.9 Å². The molecule has 1 fully saturated rings. The molecular formula is C15H20BrN. The van der Waals surface area contributed by atoms with Gasteiger partial charge in [0.25, 0.3) is 0 Å². The van der Waals surface area contributed by atoms with Gasteiger partial charge in [0.15, 0.2) is 0 Å². The van der Waals surface area contributed by atoms with Crippen molar-refractivity contribution in [3.05, 3.63) is 35.9 Å². The van der Waals surface area contributed by atoms with Gasteiger partial charge in [-0.15, -0.1) is 0 Å². The summed E-state index contributed by atoms with van der Waals surface area (Å²) in [6.45, 7) is 2.16. The van der Waals surface area contributed by atoms with E-state index < -0.39 is 0 Å². The van der Waals surface area contributed by atoms with Gasteiger partial charge in [-0.2, -0.15) is 0 Å². The molecule has 1 saturated carbocycles. The Morgan fingerprint density at radius 2 is 1.82 bits per heavy atom. The van der Waals surface area contributed by atoms with E-state index in [-0.39, 0.29) is 0 Å². The number of alkyl halides is 1. The third-order valence-electron chi connectivity index (χ3n) is 3.34. The van der Waals surface area contributed by atoms with Gasteiger partial charge in [-0.3, -0.25) is 4.99 Å². The summed E-state index contributed by atoms with van der Waals surface area (Å²) in [5, 5.41) is 0. The van der Waals surface area contributed by atoms with Gasteiger partial charge < -0.3 is 0 Å². The third kappa shape index (κ3) is 3.67. The van der Waals surface area contributed by atoms with Crippen LogP contribution in [0.3, 0.4) is 0 Å². The smallest absolute Gasteiger partial charge is 0.0557 e. The Labute approximate surface area is 112 Å². The molecule has 1 aliphatic rings. The minimum Gasteiger partial charge on any atom is -0.285 e. The van der Waals surface area contributed by atoms with Gasteiger partial charge in [0.05, 0.1) is 16.6 Å². The molecule has 1 unspecified atom stereocenters. The molecule has 1 aromatic rings. The number of hydrogen-bond donors (Lipinski definition) is 0. The average molecular weight is 294 g/mol. The number of nitrogens with zero attached hydrogens (tertiary/aromatic N) is 1. The SMILES string of the molecule is CC(Br)C(=NC1CCCCC1)c1ccccc1. The maximum absolute atomic E-state index is 4.98. The first-order valence-electron chi connectivity index (χ1n) is 6.54. The van der Waals surface area contributed by atoms with Gasteiger partial charge in [-0.1, -0.05) is 65.5 Å². The van der Waals surface area contributed by atoms with Crippen LogP contribution in [0.25, 0.3) is 0 Å². The maximum atomic E-state index is 4.98. The molecule has 1 atom stereocenters. The second kappa shape index (κ2) is 6.34. The summed E-state index contributed by atoms with van der Waals surface area (Å²) < 4.78 is 0. The highest BCUT2D eigenvalue weighted by Gasteiger charge is 2.16. The zero-order valence-corrected chi connectivity index (χ0v) is 12.0. The first kappa shape index (κ1) is 12.8. The van der Waals surface area contributed by atoms with Gasteiger partial charge in [-0.25, -0.2) is 0 Å². The van der Waals surface area contributed by atoms with Crippen LogP contribution >= 0.6 is 15.9 Å². The number of hydrogen-bond acceptors (Lipinski definition) is 1. The molecule has 0 heterocycles. The van der Waals surface area contributed by atoms with E-state index in [4.69, 9.17) is 4.99 Å². The second-order valence-corrected chi connectivity index (χ2v) is 6.16. The zero-order valence-electron chi connectivity index (χ0n) is 10.4. The van der Waals surface area contributed by atoms with E-state index in [1.165, 1.54) is 43.4 Å². The number of benzene rings is 1. The minimum absolute atomic E-state index is 0.326. The molecular weight excluding hydrogens is 274 g/mol. The van der Waals surface area contributed by atoms with Gasteiger partial charge >= 0.3 is 0 Å². The van der Waals surface area contributed by atoms with Crippen molar-refractivity contribution in [2.24, 2.45) is 4.99 Å². The van der Waals surface area contributed by atoms with Crippen LogP contribution in [0.5, 0.6) is 0 Å². The minimum atomic E-state index is 0.326. The molecule has 2 heteroatoms. The quantitative estimate of drug-likeness (QED) is 0.571. The Bertz CT molecular complexity index is 364. The van der Waals surface area contributed by atoms with Crippen LogP contribution in [0, 0.1) is 0 Å². The first-order chi connectivity index (χ1) is 8.27. The van der Waals surface area contributed by atoms with Gasteiger partial charge in [-0.05, 0) is 25.3 Å². The molecule has 92 valence electrons. The lowest BCUT2D eigenvalue weighted by Crippen LogP contribution is -2.18. The van der Waals surface area contributed by atoms with E-state index in [2.05, 4.69) is 53.2 Å². The molecule has 0 radical (unpaired) electrons. The molecule has 0 N–H and O–H groups in total. The highest BCUT2D eigenvalue weighted by Crippen LogP contribution is 2.22. The van der Waals surface area contributed by atoms with Crippen LogP contribution in [-0.2, 0) is 0 Å². The van der Waals surface area contributed by atoms with Gasteiger partial charge in [0.2, 0.25) is 0 Å². The van der Waals surface area contributed by atoms with E-state index in [1.54, 1.807) is 0 Å². The highest BCUT2D eigenvalue weighted by atomic mass is 79.9. The predicted octanol–water partition coefficient (Wildman–Crippen LogP) is 4.59. The van der Waals surface area contributed by atoms with Crippen molar-refractivity contribution in [3.8, 4) is 0 Å². The standard InChI is InChI=1S/C15H20BrN/c1-12(16)15(13-8-4-2-5-9-13)17-14-10-6-3-7-11-14/h2,4-5,8-9,12,14H,3,6-7,10-11H2,1H3. The van der Waals surface area contributed by atoms with E-state index in [0.717, 1.165) is 0 Å². The van der Waals surface area contributed by atoms with Crippen LogP contribution in [-0.4, -0.2) is 16.6 Å². The Morgan fingerprint density at radius 1 is 1.18 bits per heavy atom. The van der Waals surface area contributed by atoms with Crippen molar-refractivity contribution in [1.82, 2.24) is 0 Å². The average Bonchev–Trinajstić information content (AvgIpc) is 2.38. The molecule has 0 aromatic heterocycles. The van der Waals surface area contributed by atoms with Crippen LogP contribution in [0.1, 0.15) is 44.6 Å². The Balaban J connectivity index is 2.19. The molecule has 0 amide bonds. The molecule has 2 rings (SSSR count). The topological polar surface area (TPSA) is 12.4 Å². The number of halogens is 1. The third-order valence-corrected chi connectivity index (χ3v) is 3.78. The molecule has 1 aromatic carbocycles. The second-order valence-electron chi connectivity index (χ2n) is 4.79. The van der Waals surface area contributed by atoms with Crippen LogP contribution in [0.4, 0.5) is 0 Å². The molecule has 1 aliphatic carbocycles. The Morgan fingerprint density at radius 3 is 2.41 bits per heavy atom. The van der Waals surface area contributed by atoms with Crippen molar-refractivity contribution < 1.29 is 0 Å². The van der Waals surface area contributed by atoms with Crippen molar-refractivity contribution in [3.63, 3.8) is 0 Å². The van der Waals surface area contributed by atoms with E-state index >= 15 is 0 Å². The summed E-state index contributed by atoms with van der Waals surface area (Å²) in [6, 6.07) is 11.1. The lowest BCUT2D eigenvalue weighted by atomic mass is 9.95. The summed E-state index contributed by atoms with van der Waals surface area (Å²) >= 11 is 3.67. The van der Waals surface area contributed by atoms with Crippen molar-refractivity contribution in [2.75, 3.05) is 0 Å². The lowest BCUT2D eigenvalue weighted by Gasteiger charge is -2.20. The first-order valence-corrected chi connectivity index (χ1v) is 7.46. The molecule has 0 saturated heterocycles. The van der Waals surface area contributed by atoms with Crippen LogP contribution in [0.15, 0.2) is 35.3 Å². The molecule has 1 nitrogen and oxygen atoms in total. The molecule has 17 heavy (non-hydrogen) atoms. The fourth-order valence-corrected chi connectivity index (χ4v) is 2.81. The summed E-state index contributed by atoms with van der Waals surface area (Å²) in [6.07, 6.45) is 6.59. The largest absolute Gasteiger partial charge is 0.285 e. The monoisotopic (exact) mass is 293 g/mol. The number of rotatable bonds is 3.